The summed E-state index contributed by atoms with van der Waals surface area (Å²) in [5, 5.41) is 2.74. The van der Waals surface area contributed by atoms with Crippen LogP contribution in [-0.4, -0.2) is 34.6 Å². The van der Waals surface area contributed by atoms with Crippen molar-refractivity contribution in [3.8, 4) is 11.5 Å². The fourth-order valence-corrected chi connectivity index (χ4v) is 3.66. The SMILES string of the molecule is COc1cc(NC(=O)c2ccc(S(=O)(=O)NC3CC3)cc2)cc(OC)c1. The molecule has 1 aliphatic rings. The molecular weight excluding hydrogens is 356 g/mol. The van der Waals surface area contributed by atoms with Crippen molar-refractivity contribution in [1.29, 1.82) is 0 Å². The Hall–Kier alpha value is -2.58. The number of hydrogen-bond acceptors (Lipinski definition) is 5. The van der Waals surface area contributed by atoms with E-state index >= 15 is 0 Å². The van der Waals surface area contributed by atoms with E-state index in [0.717, 1.165) is 12.8 Å². The minimum absolute atomic E-state index is 0.0333. The maximum Gasteiger partial charge on any atom is 0.255 e. The van der Waals surface area contributed by atoms with E-state index in [1.165, 1.54) is 38.5 Å². The van der Waals surface area contributed by atoms with E-state index in [9.17, 15) is 13.2 Å². The van der Waals surface area contributed by atoms with Crippen molar-refractivity contribution in [1.82, 2.24) is 4.72 Å². The molecular formula is C18H20N2O5S. The molecule has 0 unspecified atom stereocenters. The topological polar surface area (TPSA) is 93.7 Å². The molecule has 7 nitrogen and oxygen atoms in total. The molecule has 26 heavy (non-hydrogen) atoms. The molecule has 0 atom stereocenters. The number of rotatable bonds is 7. The number of hydrogen-bond donors (Lipinski definition) is 2. The summed E-state index contributed by atoms with van der Waals surface area (Å²) >= 11 is 0. The van der Waals surface area contributed by atoms with Crippen LogP contribution in [0.1, 0.15) is 23.2 Å². The number of amides is 1. The van der Waals surface area contributed by atoms with Crippen LogP contribution in [0.3, 0.4) is 0 Å². The third-order valence-electron chi connectivity index (χ3n) is 3.94. The van der Waals surface area contributed by atoms with Crippen molar-refractivity contribution in [2.24, 2.45) is 0 Å². The highest BCUT2D eigenvalue weighted by molar-refractivity contribution is 7.89. The molecule has 0 radical (unpaired) electrons. The zero-order valence-electron chi connectivity index (χ0n) is 14.5. The van der Waals surface area contributed by atoms with Crippen molar-refractivity contribution in [3.63, 3.8) is 0 Å². The van der Waals surface area contributed by atoms with Gasteiger partial charge in [-0.15, -0.1) is 0 Å². The molecule has 3 rings (SSSR count). The second-order valence-corrected chi connectivity index (χ2v) is 7.69. The zero-order valence-corrected chi connectivity index (χ0v) is 15.3. The van der Waals surface area contributed by atoms with Gasteiger partial charge in [0, 0.05) is 35.5 Å². The number of carbonyl (C=O) groups is 1. The van der Waals surface area contributed by atoms with Gasteiger partial charge in [-0.3, -0.25) is 4.79 Å². The first-order chi connectivity index (χ1) is 12.4. The van der Waals surface area contributed by atoms with Crippen LogP contribution in [0.15, 0.2) is 47.4 Å². The summed E-state index contributed by atoms with van der Waals surface area (Å²) in [4.78, 5) is 12.5. The Morgan fingerprint density at radius 1 is 1.00 bits per heavy atom. The van der Waals surface area contributed by atoms with E-state index in [1.807, 2.05) is 0 Å². The van der Waals surface area contributed by atoms with E-state index in [0.29, 0.717) is 22.7 Å². The van der Waals surface area contributed by atoms with Crippen molar-refractivity contribution in [3.05, 3.63) is 48.0 Å². The lowest BCUT2D eigenvalue weighted by molar-refractivity contribution is 0.102. The highest BCUT2D eigenvalue weighted by Gasteiger charge is 2.27. The molecule has 0 spiro atoms. The third kappa shape index (κ3) is 4.33. The maximum atomic E-state index is 12.4. The lowest BCUT2D eigenvalue weighted by Gasteiger charge is -2.10. The number of nitrogens with one attached hydrogen (secondary N) is 2. The predicted octanol–water partition coefficient (Wildman–Crippen LogP) is 2.40. The maximum absolute atomic E-state index is 12.4. The average molecular weight is 376 g/mol. The van der Waals surface area contributed by atoms with Crippen LogP contribution in [-0.2, 0) is 10.0 Å². The largest absolute Gasteiger partial charge is 0.497 e. The van der Waals surface area contributed by atoms with E-state index < -0.39 is 10.0 Å². The lowest BCUT2D eigenvalue weighted by Crippen LogP contribution is -2.25. The summed E-state index contributed by atoms with van der Waals surface area (Å²) in [6, 6.07) is 10.9. The fraction of sp³-hybridized carbons (Fsp3) is 0.278. The van der Waals surface area contributed by atoms with Gasteiger partial charge in [-0.1, -0.05) is 0 Å². The first-order valence-corrected chi connectivity index (χ1v) is 9.56. The first kappa shape index (κ1) is 18.2. The van der Waals surface area contributed by atoms with Gasteiger partial charge in [0.2, 0.25) is 10.0 Å². The molecule has 1 amide bonds. The van der Waals surface area contributed by atoms with Gasteiger partial charge in [0.1, 0.15) is 11.5 Å². The molecule has 0 heterocycles. The number of ether oxygens (including phenoxy) is 2. The first-order valence-electron chi connectivity index (χ1n) is 8.08. The van der Waals surface area contributed by atoms with Crippen LogP contribution in [0.4, 0.5) is 5.69 Å². The van der Waals surface area contributed by atoms with Crippen LogP contribution < -0.4 is 19.5 Å². The van der Waals surface area contributed by atoms with Crippen molar-refractivity contribution in [2.75, 3.05) is 19.5 Å². The van der Waals surface area contributed by atoms with Crippen molar-refractivity contribution < 1.29 is 22.7 Å². The molecule has 0 aliphatic heterocycles. The van der Waals surface area contributed by atoms with E-state index in [2.05, 4.69) is 10.0 Å². The van der Waals surface area contributed by atoms with Crippen LogP contribution in [0.2, 0.25) is 0 Å². The van der Waals surface area contributed by atoms with Crippen LogP contribution in [0.5, 0.6) is 11.5 Å². The van der Waals surface area contributed by atoms with E-state index in [4.69, 9.17) is 9.47 Å². The molecule has 0 saturated heterocycles. The Morgan fingerprint density at radius 3 is 2.08 bits per heavy atom. The van der Waals surface area contributed by atoms with Gasteiger partial charge >= 0.3 is 0 Å². The Bertz CT molecular complexity index is 883. The molecule has 8 heteroatoms. The van der Waals surface area contributed by atoms with Crippen LogP contribution in [0, 0.1) is 0 Å². The Balaban J connectivity index is 1.74. The zero-order chi connectivity index (χ0) is 18.7. The second-order valence-electron chi connectivity index (χ2n) is 5.98. The van der Waals surface area contributed by atoms with Gasteiger partial charge < -0.3 is 14.8 Å². The van der Waals surface area contributed by atoms with Gasteiger partial charge in [-0.2, -0.15) is 0 Å². The molecule has 1 fully saturated rings. The standard InChI is InChI=1S/C18H20N2O5S/c1-24-15-9-14(10-16(11-15)25-2)19-18(21)12-3-7-17(8-4-12)26(22,23)20-13-5-6-13/h3-4,7-11,13,20H,5-6H2,1-2H3,(H,19,21). The van der Waals surface area contributed by atoms with Gasteiger partial charge in [-0.25, -0.2) is 13.1 Å². The molecule has 2 aromatic rings. The minimum atomic E-state index is -3.53. The Morgan fingerprint density at radius 2 is 1.58 bits per heavy atom. The molecule has 138 valence electrons. The Labute approximate surface area is 152 Å². The normalized spacial score (nSPS) is 13.9. The van der Waals surface area contributed by atoms with E-state index in [-0.39, 0.29) is 16.8 Å². The third-order valence-corrected chi connectivity index (χ3v) is 5.47. The van der Waals surface area contributed by atoms with Gasteiger partial charge in [0.15, 0.2) is 0 Å². The van der Waals surface area contributed by atoms with E-state index in [1.54, 1.807) is 18.2 Å². The highest BCUT2D eigenvalue weighted by Crippen LogP contribution is 2.26. The number of methoxy groups -OCH3 is 2. The number of carbonyl (C=O) groups excluding carboxylic acids is 1. The molecule has 2 N–H and O–H groups in total. The number of anilines is 1. The summed E-state index contributed by atoms with van der Waals surface area (Å²) in [7, 11) is -0.485. The van der Waals surface area contributed by atoms with Crippen molar-refractivity contribution >= 4 is 21.6 Å². The summed E-state index contributed by atoms with van der Waals surface area (Å²) in [6.45, 7) is 0. The predicted molar refractivity (Wildman–Crippen MR) is 97.3 cm³/mol. The van der Waals surface area contributed by atoms with Gasteiger partial charge in [0.05, 0.1) is 19.1 Å². The lowest BCUT2D eigenvalue weighted by atomic mass is 10.2. The quantitative estimate of drug-likeness (QED) is 0.774. The molecule has 1 aliphatic carbocycles. The average Bonchev–Trinajstić information content (AvgIpc) is 3.44. The second kappa shape index (κ2) is 7.35. The summed E-state index contributed by atoms with van der Waals surface area (Å²) in [5.41, 5.74) is 0.857. The molecule has 0 bridgehead atoms. The van der Waals surface area contributed by atoms with Gasteiger partial charge in [0.25, 0.3) is 5.91 Å². The fourth-order valence-electron chi connectivity index (χ4n) is 2.36. The summed E-state index contributed by atoms with van der Waals surface area (Å²) in [6.07, 6.45) is 1.73. The number of benzene rings is 2. The van der Waals surface area contributed by atoms with Gasteiger partial charge in [-0.05, 0) is 37.1 Å². The van der Waals surface area contributed by atoms with Crippen LogP contribution in [0.25, 0.3) is 0 Å². The smallest absolute Gasteiger partial charge is 0.255 e. The molecule has 0 aromatic heterocycles. The number of sulfonamides is 1. The van der Waals surface area contributed by atoms with Crippen LogP contribution >= 0.6 is 0 Å². The minimum Gasteiger partial charge on any atom is -0.497 e. The monoisotopic (exact) mass is 376 g/mol. The van der Waals surface area contributed by atoms with Crippen molar-refractivity contribution in [2.45, 2.75) is 23.8 Å². The molecule has 2 aromatic carbocycles. The summed E-state index contributed by atoms with van der Waals surface area (Å²) < 4.78 is 37.3. The molecule has 1 saturated carbocycles. The Kier molecular flexibility index (Phi) is 5.15. The summed E-state index contributed by atoms with van der Waals surface area (Å²) in [5.74, 6) is 0.735. The highest BCUT2D eigenvalue weighted by atomic mass is 32.2.